The van der Waals surface area contributed by atoms with E-state index in [9.17, 15) is 9.59 Å². The fourth-order valence-corrected chi connectivity index (χ4v) is 3.02. The standard InChI is InChI=1S/C14H16N2O2/c1-14-8-7-12(17)16(14)11(9-15-13(14)18)10-5-3-2-4-6-10/h2-6,11H,7-9H2,1H3,(H,15,18). The predicted octanol–water partition coefficient (Wildman–Crippen LogP) is 1.24. The van der Waals surface area contributed by atoms with Crippen molar-refractivity contribution in [3.63, 3.8) is 0 Å². The van der Waals surface area contributed by atoms with Gasteiger partial charge in [0.15, 0.2) is 0 Å². The molecule has 18 heavy (non-hydrogen) atoms. The minimum absolute atomic E-state index is 0.0273. The van der Waals surface area contributed by atoms with E-state index < -0.39 is 5.54 Å². The van der Waals surface area contributed by atoms with Crippen molar-refractivity contribution in [2.45, 2.75) is 31.3 Å². The van der Waals surface area contributed by atoms with Gasteiger partial charge in [-0.15, -0.1) is 0 Å². The van der Waals surface area contributed by atoms with Crippen molar-refractivity contribution in [1.82, 2.24) is 10.2 Å². The molecule has 0 saturated carbocycles. The summed E-state index contributed by atoms with van der Waals surface area (Å²) in [5.74, 6) is 0.0572. The maximum Gasteiger partial charge on any atom is 0.245 e. The van der Waals surface area contributed by atoms with E-state index in [2.05, 4.69) is 5.32 Å². The maximum absolute atomic E-state index is 12.1. The number of carbonyl (C=O) groups is 2. The van der Waals surface area contributed by atoms with Gasteiger partial charge in [0.2, 0.25) is 11.8 Å². The van der Waals surface area contributed by atoms with Crippen molar-refractivity contribution >= 4 is 11.8 Å². The van der Waals surface area contributed by atoms with E-state index in [1.807, 2.05) is 37.3 Å². The van der Waals surface area contributed by atoms with Crippen LogP contribution < -0.4 is 5.32 Å². The number of hydrogen-bond donors (Lipinski definition) is 1. The van der Waals surface area contributed by atoms with Gasteiger partial charge in [-0.25, -0.2) is 0 Å². The molecule has 2 atom stereocenters. The molecular weight excluding hydrogens is 228 g/mol. The first kappa shape index (κ1) is 11.3. The monoisotopic (exact) mass is 244 g/mol. The number of benzene rings is 1. The van der Waals surface area contributed by atoms with Crippen molar-refractivity contribution in [2.75, 3.05) is 6.54 Å². The fraction of sp³-hybridized carbons (Fsp3) is 0.429. The zero-order valence-electron chi connectivity index (χ0n) is 10.3. The molecule has 0 bridgehead atoms. The highest BCUT2D eigenvalue weighted by molar-refractivity contribution is 5.95. The summed E-state index contributed by atoms with van der Waals surface area (Å²) >= 11 is 0. The Labute approximate surface area is 106 Å². The summed E-state index contributed by atoms with van der Waals surface area (Å²) in [5.41, 5.74) is 0.412. The minimum Gasteiger partial charge on any atom is -0.352 e. The summed E-state index contributed by atoms with van der Waals surface area (Å²) in [6, 6.07) is 9.86. The second-order valence-corrected chi connectivity index (χ2v) is 5.17. The first-order chi connectivity index (χ1) is 8.63. The van der Waals surface area contributed by atoms with Gasteiger partial charge in [-0.2, -0.15) is 0 Å². The Bertz CT molecular complexity index is 500. The highest BCUT2D eigenvalue weighted by atomic mass is 16.2. The van der Waals surface area contributed by atoms with E-state index in [-0.39, 0.29) is 17.9 Å². The van der Waals surface area contributed by atoms with Gasteiger partial charge in [0.25, 0.3) is 0 Å². The Morgan fingerprint density at radius 3 is 2.72 bits per heavy atom. The van der Waals surface area contributed by atoms with Gasteiger partial charge in [0.05, 0.1) is 6.04 Å². The second-order valence-electron chi connectivity index (χ2n) is 5.17. The minimum atomic E-state index is -0.671. The van der Waals surface area contributed by atoms with E-state index in [4.69, 9.17) is 0 Å². The van der Waals surface area contributed by atoms with Gasteiger partial charge < -0.3 is 10.2 Å². The van der Waals surface area contributed by atoms with Gasteiger partial charge in [-0.1, -0.05) is 30.3 Å². The molecule has 1 aromatic rings. The van der Waals surface area contributed by atoms with Crippen LogP contribution in [0.1, 0.15) is 31.4 Å². The van der Waals surface area contributed by atoms with Crippen molar-refractivity contribution in [2.24, 2.45) is 0 Å². The molecule has 2 heterocycles. The number of piperazine rings is 1. The number of nitrogens with zero attached hydrogens (tertiary/aromatic N) is 1. The molecule has 1 aromatic carbocycles. The molecule has 0 aromatic heterocycles. The molecule has 4 nitrogen and oxygen atoms in total. The Morgan fingerprint density at radius 1 is 1.28 bits per heavy atom. The quantitative estimate of drug-likeness (QED) is 0.808. The number of hydrogen-bond acceptors (Lipinski definition) is 2. The Morgan fingerprint density at radius 2 is 2.00 bits per heavy atom. The van der Waals surface area contributed by atoms with E-state index in [1.165, 1.54) is 0 Å². The maximum atomic E-state index is 12.1. The third kappa shape index (κ3) is 1.45. The summed E-state index contributed by atoms with van der Waals surface area (Å²) in [5, 5.41) is 2.93. The molecule has 0 aliphatic carbocycles. The topological polar surface area (TPSA) is 49.4 Å². The Balaban J connectivity index is 2.02. The zero-order valence-corrected chi connectivity index (χ0v) is 10.3. The van der Waals surface area contributed by atoms with Crippen LogP contribution in [0.3, 0.4) is 0 Å². The van der Waals surface area contributed by atoms with Gasteiger partial charge in [0.1, 0.15) is 5.54 Å². The Hall–Kier alpha value is -1.84. The van der Waals surface area contributed by atoms with Crippen molar-refractivity contribution in [3.8, 4) is 0 Å². The highest BCUT2D eigenvalue weighted by Gasteiger charge is 2.53. The molecule has 94 valence electrons. The second kappa shape index (κ2) is 3.83. The molecule has 4 heteroatoms. The number of nitrogens with one attached hydrogen (secondary N) is 1. The normalized spacial score (nSPS) is 31.2. The van der Waals surface area contributed by atoms with Crippen LogP contribution in [-0.2, 0) is 9.59 Å². The molecule has 2 unspecified atom stereocenters. The van der Waals surface area contributed by atoms with Crippen LogP contribution in [0.15, 0.2) is 30.3 Å². The van der Waals surface area contributed by atoms with Crippen LogP contribution in [-0.4, -0.2) is 28.8 Å². The van der Waals surface area contributed by atoms with Gasteiger partial charge in [-0.3, -0.25) is 9.59 Å². The molecule has 2 fully saturated rings. The molecule has 0 radical (unpaired) electrons. The average Bonchev–Trinajstić information content (AvgIpc) is 2.70. The van der Waals surface area contributed by atoms with Crippen LogP contribution in [0, 0.1) is 0 Å². The van der Waals surface area contributed by atoms with Crippen molar-refractivity contribution in [3.05, 3.63) is 35.9 Å². The van der Waals surface area contributed by atoms with Crippen molar-refractivity contribution < 1.29 is 9.59 Å². The summed E-state index contributed by atoms with van der Waals surface area (Å²) in [6.07, 6.45) is 1.08. The van der Waals surface area contributed by atoms with Crippen LogP contribution >= 0.6 is 0 Å². The zero-order chi connectivity index (χ0) is 12.8. The molecule has 3 rings (SSSR count). The van der Waals surface area contributed by atoms with Gasteiger partial charge >= 0.3 is 0 Å². The van der Waals surface area contributed by atoms with Crippen LogP contribution in [0.4, 0.5) is 0 Å². The fourth-order valence-electron chi connectivity index (χ4n) is 3.02. The largest absolute Gasteiger partial charge is 0.352 e. The third-order valence-electron chi connectivity index (χ3n) is 4.07. The molecule has 2 aliphatic rings. The molecule has 2 saturated heterocycles. The average molecular weight is 244 g/mol. The molecule has 2 aliphatic heterocycles. The third-order valence-corrected chi connectivity index (χ3v) is 4.07. The molecular formula is C14H16N2O2. The highest BCUT2D eigenvalue weighted by Crippen LogP contribution is 2.40. The smallest absolute Gasteiger partial charge is 0.245 e. The predicted molar refractivity (Wildman–Crippen MR) is 66.7 cm³/mol. The summed E-state index contributed by atoms with van der Waals surface area (Å²) in [7, 11) is 0. The number of carbonyl (C=O) groups excluding carboxylic acids is 2. The lowest BCUT2D eigenvalue weighted by atomic mass is 9.91. The summed E-state index contributed by atoms with van der Waals surface area (Å²) in [4.78, 5) is 25.9. The Kier molecular flexibility index (Phi) is 2.40. The molecule has 2 amide bonds. The lowest BCUT2D eigenvalue weighted by Gasteiger charge is -2.44. The van der Waals surface area contributed by atoms with E-state index in [1.54, 1.807) is 4.90 Å². The molecule has 1 N–H and O–H groups in total. The van der Waals surface area contributed by atoms with Crippen LogP contribution in [0.25, 0.3) is 0 Å². The summed E-state index contributed by atoms with van der Waals surface area (Å²) < 4.78 is 0. The van der Waals surface area contributed by atoms with Crippen LogP contribution in [0.2, 0.25) is 0 Å². The van der Waals surface area contributed by atoms with E-state index >= 15 is 0 Å². The van der Waals surface area contributed by atoms with Crippen LogP contribution in [0.5, 0.6) is 0 Å². The molecule has 0 spiro atoms. The van der Waals surface area contributed by atoms with E-state index in [0.29, 0.717) is 19.4 Å². The van der Waals surface area contributed by atoms with Gasteiger partial charge in [0, 0.05) is 13.0 Å². The van der Waals surface area contributed by atoms with Gasteiger partial charge in [-0.05, 0) is 18.9 Å². The number of fused-ring (bicyclic) bond motifs is 1. The first-order valence-corrected chi connectivity index (χ1v) is 6.28. The van der Waals surface area contributed by atoms with Crippen molar-refractivity contribution in [1.29, 1.82) is 0 Å². The first-order valence-electron chi connectivity index (χ1n) is 6.28. The summed E-state index contributed by atoms with van der Waals surface area (Å²) in [6.45, 7) is 2.37. The SMILES string of the molecule is CC12CCC(=O)N1C(c1ccccc1)CNC2=O. The van der Waals surface area contributed by atoms with E-state index in [0.717, 1.165) is 5.56 Å². The number of rotatable bonds is 1. The lowest BCUT2D eigenvalue weighted by Crippen LogP contribution is -2.62. The number of amides is 2. The lowest BCUT2D eigenvalue weighted by molar-refractivity contribution is -0.147.